The summed E-state index contributed by atoms with van der Waals surface area (Å²) in [6.45, 7) is 0.111. The van der Waals surface area contributed by atoms with Gasteiger partial charge in [0, 0.05) is 19.0 Å². The van der Waals surface area contributed by atoms with Crippen molar-refractivity contribution in [1.82, 2.24) is 9.78 Å². The van der Waals surface area contributed by atoms with Gasteiger partial charge in [-0.2, -0.15) is 18.3 Å². The van der Waals surface area contributed by atoms with E-state index >= 15 is 0 Å². The maximum atomic E-state index is 12.7. The molecule has 0 bridgehead atoms. The largest absolute Gasteiger partial charge is 0.416 e. The first kappa shape index (κ1) is 15.3. The third-order valence-electron chi connectivity index (χ3n) is 3.53. The average molecular weight is 323 g/mol. The molecule has 0 N–H and O–H groups in total. The zero-order valence-electron chi connectivity index (χ0n) is 11.9. The van der Waals surface area contributed by atoms with Gasteiger partial charge in [0.1, 0.15) is 0 Å². The molecule has 3 rings (SSSR count). The molecule has 1 aliphatic rings. The highest BCUT2D eigenvalue weighted by atomic mass is 19.4. The van der Waals surface area contributed by atoms with E-state index < -0.39 is 11.7 Å². The molecule has 1 fully saturated rings. The Bertz CT molecular complexity index is 751. The predicted molar refractivity (Wildman–Crippen MR) is 74.5 cm³/mol. The Hall–Kier alpha value is -2.64. The number of rotatable bonds is 3. The quantitative estimate of drug-likeness (QED) is 0.816. The third-order valence-corrected chi connectivity index (χ3v) is 3.53. The summed E-state index contributed by atoms with van der Waals surface area (Å²) in [7, 11) is 0. The van der Waals surface area contributed by atoms with E-state index in [-0.39, 0.29) is 31.2 Å². The second-order valence-corrected chi connectivity index (χ2v) is 5.22. The molecular formula is C15H12F3N3O2. The van der Waals surface area contributed by atoms with Crippen LogP contribution in [0.1, 0.15) is 24.0 Å². The molecule has 5 nitrogen and oxygen atoms in total. The Kier molecular flexibility index (Phi) is 3.67. The van der Waals surface area contributed by atoms with Crippen LogP contribution in [0.5, 0.6) is 0 Å². The van der Waals surface area contributed by atoms with Gasteiger partial charge in [-0.15, -0.1) is 0 Å². The van der Waals surface area contributed by atoms with E-state index in [1.54, 1.807) is 6.07 Å². The molecule has 1 aromatic heterocycles. The van der Waals surface area contributed by atoms with Gasteiger partial charge in [-0.05, 0) is 17.7 Å². The van der Waals surface area contributed by atoms with Gasteiger partial charge in [0.2, 0.25) is 11.8 Å². The number of benzene rings is 1. The molecule has 1 saturated heterocycles. The molecule has 1 aliphatic heterocycles. The number of amides is 2. The Balaban J connectivity index is 1.80. The molecule has 0 atom stereocenters. The van der Waals surface area contributed by atoms with Crippen LogP contribution in [0.3, 0.4) is 0 Å². The van der Waals surface area contributed by atoms with Gasteiger partial charge in [0.15, 0.2) is 0 Å². The molecule has 23 heavy (non-hydrogen) atoms. The Labute approximate surface area is 129 Å². The summed E-state index contributed by atoms with van der Waals surface area (Å²) in [6, 6.07) is 4.94. The molecule has 2 aromatic rings. The lowest BCUT2D eigenvalue weighted by Gasteiger charge is -2.10. The van der Waals surface area contributed by atoms with Crippen LogP contribution in [0.4, 0.5) is 18.9 Å². The van der Waals surface area contributed by atoms with Gasteiger partial charge in [-0.1, -0.05) is 12.1 Å². The molecular weight excluding hydrogens is 311 g/mol. The number of alkyl halides is 3. The van der Waals surface area contributed by atoms with Crippen molar-refractivity contribution in [2.24, 2.45) is 0 Å². The highest BCUT2D eigenvalue weighted by Gasteiger charge is 2.32. The Morgan fingerprint density at radius 3 is 2.48 bits per heavy atom. The van der Waals surface area contributed by atoms with E-state index in [2.05, 4.69) is 5.10 Å². The fourth-order valence-electron chi connectivity index (χ4n) is 2.45. The summed E-state index contributed by atoms with van der Waals surface area (Å²) in [6.07, 6.45) is -1.24. The fourth-order valence-corrected chi connectivity index (χ4v) is 2.45. The van der Waals surface area contributed by atoms with Gasteiger partial charge in [-0.25, -0.2) is 4.90 Å². The molecule has 2 amide bonds. The summed E-state index contributed by atoms with van der Waals surface area (Å²) in [5.74, 6) is -0.595. The number of carbonyl (C=O) groups is 2. The standard InChI is InChI=1S/C15H12F3N3O2/c16-15(17,18)11-3-1-2-10(6-11)8-20-9-12(7-19-20)21-13(22)4-5-14(21)23/h1-3,6-7,9H,4-5,8H2. The molecule has 0 aliphatic carbocycles. The minimum absolute atomic E-state index is 0.111. The molecule has 120 valence electrons. The Morgan fingerprint density at radius 1 is 1.13 bits per heavy atom. The van der Waals surface area contributed by atoms with E-state index in [9.17, 15) is 22.8 Å². The molecule has 0 radical (unpaired) electrons. The van der Waals surface area contributed by atoms with Gasteiger partial charge in [0.05, 0.1) is 24.0 Å². The van der Waals surface area contributed by atoms with Crippen LogP contribution in [0.25, 0.3) is 0 Å². The average Bonchev–Trinajstić information content (AvgIpc) is 3.05. The van der Waals surface area contributed by atoms with Crippen LogP contribution in [-0.2, 0) is 22.3 Å². The summed E-state index contributed by atoms with van der Waals surface area (Å²) in [4.78, 5) is 24.4. The number of halogens is 3. The van der Waals surface area contributed by atoms with Crippen molar-refractivity contribution in [3.05, 3.63) is 47.8 Å². The molecule has 1 aromatic carbocycles. The second kappa shape index (κ2) is 5.53. The highest BCUT2D eigenvalue weighted by Crippen LogP contribution is 2.29. The van der Waals surface area contributed by atoms with E-state index in [1.165, 1.54) is 23.1 Å². The maximum Gasteiger partial charge on any atom is 0.416 e. The highest BCUT2D eigenvalue weighted by molar-refractivity contribution is 6.19. The van der Waals surface area contributed by atoms with E-state index in [1.807, 2.05) is 0 Å². The van der Waals surface area contributed by atoms with Crippen molar-refractivity contribution < 1.29 is 22.8 Å². The maximum absolute atomic E-state index is 12.7. The number of hydrogen-bond donors (Lipinski definition) is 0. The van der Waals surface area contributed by atoms with E-state index in [0.29, 0.717) is 11.3 Å². The van der Waals surface area contributed by atoms with E-state index in [4.69, 9.17) is 0 Å². The minimum Gasteiger partial charge on any atom is -0.274 e. The van der Waals surface area contributed by atoms with Crippen molar-refractivity contribution in [3.63, 3.8) is 0 Å². The van der Waals surface area contributed by atoms with Gasteiger partial charge in [-0.3, -0.25) is 14.3 Å². The van der Waals surface area contributed by atoms with Crippen molar-refractivity contribution in [2.45, 2.75) is 25.6 Å². The first-order chi connectivity index (χ1) is 10.8. The topological polar surface area (TPSA) is 55.2 Å². The lowest BCUT2D eigenvalue weighted by Crippen LogP contribution is -2.28. The number of hydrogen-bond acceptors (Lipinski definition) is 3. The first-order valence-corrected chi connectivity index (χ1v) is 6.89. The number of anilines is 1. The molecule has 8 heteroatoms. The van der Waals surface area contributed by atoms with Crippen LogP contribution in [0.15, 0.2) is 36.7 Å². The third kappa shape index (κ3) is 3.10. The molecule has 0 spiro atoms. The van der Waals surface area contributed by atoms with Gasteiger partial charge >= 0.3 is 6.18 Å². The first-order valence-electron chi connectivity index (χ1n) is 6.89. The van der Waals surface area contributed by atoms with Crippen LogP contribution in [-0.4, -0.2) is 21.6 Å². The lowest BCUT2D eigenvalue weighted by atomic mass is 10.1. The number of aromatic nitrogens is 2. The smallest absolute Gasteiger partial charge is 0.274 e. The Morgan fingerprint density at radius 2 is 1.83 bits per heavy atom. The molecule has 2 heterocycles. The van der Waals surface area contributed by atoms with Gasteiger partial charge < -0.3 is 0 Å². The van der Waals surface area contributed by atoms with Crippen LogP contribution >= 0.6 is 0 Å². The summed E-state index contributed by atoms with van der Waals surface area (Å²) in [5, 5.41) is 4.01. The normalized spacial score (nSPS) is 15.5. The van der Waals surface area contributed by atoms with Crippen molar-refractivity contribution in [2.75, 3.05) is 4.90 Å². The van der Waals surface area contributed by atoms with Crippen LogP contribution in [0.2, 0.25) is 0 Å². The predicted octanol–water partition coefficient (Wildman–Crippen LogP) is 2.60. The molecule has 0 unspecified atom stereocenters. The van der Waals surface area contributed by atoms with E-state index in [0.717, 1.165) is 17.0 Å². The number of imide groups is 1. The lowest BCUT2D eigenvalue weighted by molar-refractivity contribution is -0.137. The van der Waals surface area contributed by atoms with Crippen molar-refractivity contribution in [3.8, 4) is 0 Å². The fraction of sp³-hybridized carbons (Fsp3) is 0.267. The monoisotopic (exact) mass is 323 g/mol. The zero-order valence-corrected chi connectivity index (χ0v) is 11.9. The van der Waals surface area contributed by atoms with Crippen molar-refractivity contribution >= 4 is 17.5 Å². The SMILES string of the molecule is O=C1CCC(=O)N1c1cnn(Cc2cccc(C(F)(F)F)c2)c1. The minimum atomic E-state index is -4.40. The summed E-state index contributed by atoms with van der Waals surface area (Å²) >= 11 is 0. The van der Waals surface area contributed by atoms with Crippen LogP contribution in [0, 0.1) is 0 Å². The summed E-state index contributed by atoms with van der Waals surface area (Å²) in [5.41, 5.74) is 0.0327. The number of nitrogens with zero attached hydrogens (tertiary/aromatic N) is 3. The zero-order chi connectivity index (χ0) is 16.6. The number of carbonyl (C=O) groups excluding carboxylic acids is 2. The van der Waals surface area contributed by atoms with Gasteiger partial charge in [0.25, 0.3) is 0 Å². The van der Waals surface area contributed by atoms with Crippen molar-refractivity contribution in [1.29, 1.82) is 0 Å². The second-order valence-electron chi connectivity index (χ2n) is 5.22. The molecule has 0 saturated carbocycles. The van der Waals surface area contributed by atoms with Crippen LogP contribution < -0.4 is 4.90 Å². The summed E-state index contributed by atoms with van der Waals surface area (Å²) < 4.78 is 39.5.